The zero-order valence-electron chi connectivity index (χ0n) is 29.8. The summed E-state index contributed by atoms with van der Waals surface area (Å²) in [6.07, 6.45) is 7.86. The Bertz CT molecular complexity index is 2240. The number of hydrogen-bond donors (Lipinski definition) is 2. The van der Waals surface area contributed by atoms with E-state index in [4.69, 9.17) is 9.15 Å². The van der Waals surface area contributed by atoms with Crippen LogP contribution in [0.25, 0.3) is 38.5 Å². The molecule has 1 atom stereocenters. The maximum absolute atomic E-state index is 16.5. The topological polar surface area (TPSA) is 112 Å². The van der Waals surface area contributed by atoms with Gasteiger partial charge in [0.25, 0.3) is 5.91 Å². The third-order valence-corrected chi connectivity index (χ3v) is 10.6. The molecule has 0 radical (unpaired) electrons. The van der Waals surface area contributed by atoms with E-state index in [9.17, 15) is 14.4 Å². The highest BCUT2D eigenvalue weighted by molar-refractivity contribution is 6.07. The number of fused-ring (bicyclic) bond motifs is 5. The molecule has 2 aromatic heterocycles. The molecule has 0 aliphatic carbocycles. The van der Waals surface area contributed by atoms with E-state index >= 15 is 4.39 Å². The van der Waals surface area contributed by atoms with Gasteiger partial charge in [-0.15, -0.1) is 0 Å². The van der Waals surface area contributed by atoms with Gasteiger partial charge in [0.2, 0.25) is 11.3 Å². The van der Waals surface area contributed by atoms with Gasteiger partial charge in [-0.25, -0.2) is 4.39 Å². The fourth-order valence-corrected chi connectivity index (χ4v) is 7.95. The van der Waals surface area contributed by atoms with Crippen LogP contribution in [-0.4, -0.2) is 92.1 Å². The highest BCUT2D eigenvalue weighted by atomic mass is 19.1. The second kappa shape index (κ2) is 15.2. The molecule has 3 aromatic carbocycles. The molecule has 11 nitrogen and oxygen atoms in total. The molecule has 12 heteroatoms. The maximum atomic E-state index is 16.5. The van der Waals surface area contributed by atoms with Crippen molar-refractivity contribution in [3.05, 3.63) is 70.3 Å². The zero-order chi connectivity index (χ0) is 35.9. The summed E-state index contributed by atoms with van der Waals surface area (Å²) in [5.41, 5.74) is 1.86. The van der Waals surface area contributed by atoms with Crippen LogP contribution in [0.1, 0.15) is 62.7 Å². The van der Waals surface area contributed by atoms with Gasteiger partial charge in [0.05, 0.1) is 11.1 Å². The minimum Gasteiger partial charge on any atom is -0.456 e. The van der Waals surface area contributed by atoms with E-state index in [1.807, 2.05) is 55.4 Å². The molecule has 2 saturated heterocycles. The van der Waals surface area contributed by atoms with Gasteiger partial charge in [-0.3, -0.25) is 14.4 Å². The second-order valence-electron chi connectivity index (χ2n) is 14.6. The van der Waals surface area contributed by atoms with Crippen LogP contribution in [0.15, 0.2) is 57.9 Å². The molecule has 0 spiro atoms. The third-order valence-electron chi connectivity index (χ3n) is 10.6. The number of rotatable bonds is 11. The number of aromatic nitrogens is 1. The van der Waals surface area contributed by atoms with Crippen LogP contribution in [0.5, 0.6) is 11.5 Å². The highest BCUT2D eigenvalue weighted by Gasteiger charge is 2.34. The largest absolute Gasteiger partial charge is 0.456 e. The summed E-state index contributed by atoms with van der Waals surface area (Å²) in [5, 5.41) is 7.85. The van der Waals surface area contributed by atoms with Crippen LogP contribution < -0.4 is 25.7 Å². The lowest BCUT2D eigenvalue weighted by Crippen LogP contribution is -2.39. The van der Waals surface area contributed by atoms with Crippen molar-refractivity contribution in [3.63, 3.8) is 0 Å². The Hall–Kier alpha value is -4.94. The number of nitrogens with one attached hydrogen (secondary N) is 2. The van der Waals surface area contributed by atoms with Crippen LogP contribution in [0.4, 0.5) is 10.1 Å². The third kappa shape index (κ3) is 7.09. The van der Waals surface area contributed by atoms with E-state index < -0.39 is 17.2 Å². The van der Waals surface area contributed by atoms with Crippen molar-refractivity contribution in [2.45, 2.75) is 58.4 Å². The van der Waals surface area contributed by atoms with Crippen LogP contribution in [0.2, 0.25) is 0 Å². The Kier molecular flexibility index (Phi) is 10.4. The maximum Gasteiger partial charge on any atom is 0.256 e. The Morgan fingerprint density at radius 2 is 1.79 bits per heavy atom. The van der Waals surface area contributed by atoms with Gasteiger partial charge in [0, 0.05) is 61.7 Å². The monoisotopic (exact) mass is 724 g/mol. The Morgan fingerprint density at radius 3 is 2.60 bits per heavy atom. The molecule has 0 unspecified atom stereocenters. The van der Waals surface area contributed by atoms with Crippen molar-refractivity contribution in [1.82, 2.24) is 25.0 Å². The standard InChI is InChI=1S/C40H45FN6O5.CH4/c1-44(2)15-9-6-14-42-40(50)29-24-47-31-22-33-27(26-10-4-5-11-32(26)51-33)21-34(31)52-39-36(47)28(38(29)49)20-30(41)37(39)46-19-12-25(23-46)43-35(48)13-18-45-16-7-3-8-17-45;/h4-5,10-11,20-22,24-25H,3,6-9,12-19,23H2,1-2H3,(H,42,50)(H,43,48);1H4/t25-;/m1./s1. The normalized spacial score (nSPS) is 16.9. The summed E-state index contributed by atoms with van der Waals surface area (Å²) in [6, 6.07) is 12.5. The highest BCUT2D eigenvalue weighted by Crippen LogP contribution is 2.49. The Labute approximate surface area is 308 Å². The minimum atomic E-state index is -0.622. The quantitative estimate of drug-likeness (QED) is 0.148. The van der Waals surface area contributed by atoms with Gasteiger partial charge in [0.15, 0.2) is 17.3 Å². The van der Waals surface area contributed by atoms with Gasteiger partial charge in [0.1, 0.15) is 27.9 Å². The molecule has 8 rings (SSSR count). The minimum absolute atomic E-state index is 0. The van der Waals surface area contributed by atoms with Gasteiger partial charge in [-0.1, -0.05) is 32.0 Å². The lowest BCUT2D eigenvalue weighted by Gasteiger charge is -2.29. The molecular formula is C41H49FN6O5. The average Bonchev–Trinajstić information content (AvgIpc) is 3.74. The zero-order valence-corrected chi connectivity index (χ0v) is 29.8. The van der Waals surface area contributed by atoms with Gasteiger partial charge in [-0.2, -0.15) is 0 Å². The van der Waals surface area contributed by atoms with Gasteiger partial charge >= 0.3 is 0 Å². The predicted octanol–water partition coefficient (Wildman–Crippen LogP) is 6.41. The van der Waals surface area contributed by atoms with E-state index in [1.165, 1.54) is 31.5 Å². The first-order valence-electron chi connectivity index (χ1n) is 18.5. The number of anilines is 1. The number of para-hydroxylation sites is 1. The Morgan fingerprint density at radius 1 is 0.981 bits per heavy atom. The molecule has 53 heavy (non-hydrogen) atoms. The van der Waals surface area contributed by atoms with E-state index in [-0.39, 0.29) is 41.8 Å². The molecule has 2 N–H and O–H groups in total. The number of nitrogens with zero attached hydrogens (tertiary/aromatic N) is 4. The molecule has 0 saturated carbocycles. The number of carbonyl (C=O) groups excluding carboxylic acids is 2. The summed E-state index contributed by atoms with van der Waals surface area (Å²) in [4.78, 5) is 46.7. The molecule has 280 valence electrons. The smallest absolute Gasteiger partial charge is 0.256 e. The van der Waals surface area contributed by atoms with Gasteiger partial charge in [-0.05, 0) is 84.0 Å². The lowest BCUT2D eigenvalue weighted by molar-refractivity contribution is -0.122. The SMILES string of the molecule is C.CN(C)CCCCNC(=O)c1cn2c3c(c(N4CC[C@@H](NC(=O)CCN5CCCCC5)C4)c(F)cc3c1=O)Oc1cc3c(cc1-2)oc1ccccc13. The summed E-state index contributed by atoms with van der Waals surface area (Å²) >= 11 is 0. The van der Waals surface area contributed by atoms with E-state index in [1.54, 1.807) is 4.57 Å². The van der Waals surface area contributed by atoms with E-state index in [0.717, 1.165) is 49.8 Å². The van der Waals surface area contributed by atoms with Crippen molar-refractivity contribution in [2.75, 3.05) is 64.8 Å². The number of ether oxygens (including phenoxy) is 1. The fourth-order valence-electron chi connectivity index (χ4n) is 7.95. The van der Waals surface area contributed by atoms with Crippen LogP contribution in [-0.2, 0) is 4.79 Å². The van der Waals surface area contributed by atoms with Crippen molar-refractivity contribution in [3.8, 4) is 17.2 Å². The first kappa shape index (κ1) is 36.4. The number of likely N-dealkylation sites (tertiary alicyclic amines) is 1. The molecule has 0 bridgehead atoms. The number of carbonyl (C=O) groups is 2. The first-order chi connectivity index (χ1) is 25.2. The molecule has 5 heterocycles. The molecule has 5 aromatic rings. The van der Waals surface area contributed by atoms with Crippen molar-refractivity contribution in [2.24, 2.45) is 0 Å². The lowest BCUT2D eigenvalue weighted by atomic mass is 10.0. The van der Waals surface area contributed by atoms with Crippen molar-refractivity contribution >= 4 is 50.3 Å². The fraction of sp³-hybridized carbons (Fsp3) is 0.439. The van der Waals surface area contributed by atoms with Crippen LogP contribution in [0.3, 0.4) is 0 Å². The number of benzene rings is 3. The summed E-state index contributed by atoms with van der Waals surface area (Å²) in [6.45, 7) is 5.00. The Balaban J connectivity index is 0.00000435. The van der Waals surface area contributed by atoms with Crippen LogP contribution >= 0.6 is 0 Å². The summed E-state index contributed by atoms with van der Waals surface area (Å²) in [5.74, 6) is -0.484. The molecule has 3 aliphatic heterocycles. The number of unbranched alkanes of at least 4 members (excludes halogenated alkanes) is 1. The van der Waals surface area contributed by atoms with Crippen LogP contribution in [0, 0.1) is 5.82 Å². The number of halogens is 1. The summed E-state index contributed by atoms with van der Waals surface area (Å²) < 4.78 is 31.0. The molecular weight excluding hydrogens is 675 g/mol. The number of furan rings is 1. The molecule has 2 amide bonds. The van der Waals surface area contributed by atoms with Crippen molar-refractivity contribution < 1.29 is 23.1 Å². The van der Waals surface area contributed by atoms with Crippen molar-refractivity contribution in [1.29, 1.82) is 0 Å². The molecule has 2 fully saturated rings. The van der Waals surface area contributed by atoms with E-state index in [0.29, 0.717) is 60.6 Å². The second-order valence-corrected chi connectivity index (χ2v) is 14.6. The summed E-state index contributed by atoms with van der Waals surface area (Å²) in [7, 11) is 4.00. The number of amides is 2. The number of hydrogen-bond acceptors (Lipinski definition) is 8. The average molecular weight is 725 g/mol. The van der Waals surface area contributed by atoms with E-state index in [2.05, 4.69) is 20.4 Å². The number of pyridine rings is 1. The molecule has 3 aliphatic rings. The first-order valence-corrected chi connectivity index (χ1v) is 18.5. The predicted molar refractivity (Wildman–Crippen MR) is 207 cm³/mol. The van der Waals surface area contributed by atoms with Gasteiger partial charge < -0.3 is 39.1 Å². The number of piperidine rings is 1.